The van der Waals surface area contributed by atoms with E-state index in [9.17, 15) is 4.79 Å². The molecule has 0 spiro atoms. The molecule has 7 heteroatoms. The Bertz CT molecular complexity index is 934. The lowest BCUT2D eigenvalue weighted by Gasteiger charge is -2.06. The molecule has 0 aliphatic rings. The van der Waals surface area contributed by atoms with Gasteiger partial charge in [0.1, 0.15) is 15.7 Å². The Labute approximate surface area is 154 Å². The summed E-state index contributed by atoms with van der Waals surface area (Å²) in [6, 6.07) is 3.78. The molecular weight excluding hydrogens is 354 g/mol. The van der Waals surface area contributed by atoms with Gasteiger partial charge in [-0.1, -0.05) is 25.6 Å². The van der Waals surface area contributed by atoms with Crippen molar-refractivity contribution in [3.8, 4) is 5.75 Å². The summed E-state index contributed by atoms with van der Waals surface area (Å²) >= 11 is 3.34. The van der Waals surface area contributed by atoms with Crippen molar-refractivity contribution in [1.29, 1.82) is 0 Å². The number of hydrogen-bond acceptors (Lipinski definition) is 6. The van der Waals surface area contributed by atoms with Gasteiger partial charge in [-0.15, -0.1) is 11.3 Å². The fraction of sp³-hybridized carbons (Fsp3) is 0.389. The highest BCUT2D eigenvalue weighted by Crippen LogP contribution is 2.32. The minimum Gasteiger partial charge on any atom is -0.488 e. The first-order valence-corrected chi connectivity index (χ1v) is 10.1. The Hall–Kier alpha value is -1.86. The van der Waals surface area contributed by atoms with Gasteiger partial charge < -0.3 is 9.72 Å². The summed E-state index contributed by atoms with van der Waals surface area (Å²) in [5.74, 6) is 1.80. The first-order valence-electron chi connectivity index (χ1n) is 8.35. The van der Waals surface area contributed by atoms with Crippen molar-refractivity contribution < 1.29 is 4.74 Å². The van der Waals surface area contributed by atoms with Crippen molar-refractivity contribution in [2.75, 3.05) is 6.61 Å². The fourth-order valence-corrected chi connectivity index (χ4v) is 4.43. The molecule has 3 rings (SSSR count). The van der Waals surface area contributed by atoms with Crippen LogP contribution in [0.1, 0.15) is 36.7 Å². The molecule has 0 aliphatic carbocycles. The van der Waals surface area contributed by atoms with E-state index in [1.165, 1.54) is 4.88 Å². The normalized spacial score (nSPS) is 11.2. The number of nitrogens with zero attached hydrogens (tertiary/aromatic N) is 2. The molecule has 0 bridgehead atoms. The van der Waals surface area contributed by atoms with Gasteiger partial charge >= 0.3 is 0 Å². The third kappa shape index (κ3) is 4.22. The summed E-state index contributed by atoms with van der Waals surface area (Å²) in [7, 11) is 0. The van der Waals surface area contributed by atoms with Crippen LogP contribution in [0.2, 0.25) is 0 Å². The van der Waals surface area contributed by atoms with Crippen molar-refractivity contribution >= 4 is 33.3 Å². The molecular formula is C18H21N3O2S2. The number of ether oxygens (including phenoxy) is 1. The van der Waals surface area contributed by atoms with Crippen LogP contribution in [0, 0.1) is 6.92 Å². The summed E-state index contributed by atoms with van der Waals surface area (Å²) in [5.41, 5.74) is 0.768. The first kappa shape index (κ1) is 17.9. The van der Waals surface area contributed by atoms with Crippen molar-refractivity contribution in [1.82, 2.24) is 15.0 Å². The number of aromatic nitrogens is 3. The molecule has 3 aromatic rings. The number of hydrogen-bond donors (Lipinski definition) is 1. The summed E-state index contributed by atoms with van der Waals surface area (Å²) in [5, 5.41) is 2.06. The number of nitrogens with one attached hydrogen (secondary N) is 1. The largest absolute Gasteiger partial charge is 0.488 e. The van der Waals surface area contributed by atoms with Gasteiger partial charge in [0.2, 0.25) is 5.43 Å². The molecule has 132 valence electrons. The Morgan fingerprint density at radius 2 is 2.12 bits per heavy atom. The van der Waals surface area contributed by atoms with Gasteiger partial charge in [-0.3, -0.25) is 4.79 Å². The lowest BCUT2D eigenvalue weighted by Crippen LogP contribution is -2.09. The second-order valence-electron chi connectivity index (χ2n) is 5.68. The number of thioether (sulfide) groups is 1. The maximum absolute atomic E-state index is 12.1. The van der Waals surface area contributed by atoms with Crippen LogP contribution in [0.5, 0.6) is 5.75 Å². The summed E-state index contributed by atoms with van der Waals surface area (Å²) < 4.78 is 5.42. The molecule has 0 saturated carbocycles. The van der Waals surface area contributed by atoms with Gasteiger partial charge in [0.15, 0.2) is 5.75 Å². The zero-order chi connectivity index (χ0) is 17.8. The summed E-state index contributed by atoms with van der Waals surface area (Å²) in [4.78, 5) is 26.7. The Kier molecular flexibility index (Phi) is 5.75. The van der Waals surface area contributed by atoms with E-state index in [0.717, 1.165) is 39.6 Å². The van der Waals surface area contributed by atoms with Crippen molar-refractivity contribution in [2.24, 2.45) is 0 Å². The number of thiophene rings is 1. The zero-order valence-electron chi connectivity index (χ0n) is 14.6. The van der Waals surface area contributed by atoms with Gasteiger partial charge in [-0.2, -0.15) is 0 Å². The monoisotopic (exact) mass is 375 g/mol. The predicted octanol–water partition coefficient (Wildman–Crippen LogP) is 4.33. The zero-order valence-corrected chi connectivity index (χ0v) is 16.2. The SMILES string of the molecule is CCCOc1c[nH]c(CSc2nc(C)nc3sc(CC)cc23)cc1=O. The van der Waals surface area contributed by atoms with E-state index in [1.54, 1.807) is 35.4 Å². The third-order valence-electron chi connectivity index (χ3n) is 3.63. The molecule has 25 heavy (non-hydrogen) atoms. The van der Waals surface area contributed by atoms with E-state index in [0.29, 0.717) is 18.1 Å². The number of aromatic amines is 1. The molecule has 1 N–H and O–H groups in total. The van der Waals surface area contributed by atoms with Crippen LogP contribution >= 0.6 is 23.1 Å². The number of aryl methyl sites for hydroxylation is 2. The topological polar surface area (TPSA) is 67.9 Å². The molecule has 5 nitrogen and oxygen atoms in total. The average Bonchev–Trinajstić information content (AvgIpc) is 3.02. The van der Waals surface area contributed by atoms with Crippen molar-refractivity contribution in [2.45, 2.75) is 44.4 Å². The minimum absolute atomic E-state index is 0.0874. The maximum Gasteiger partial charge on any atom is 0.223 e. The smallest absolute Gasteiger partial charge is 0.223 e. The lowest BCUT2D eigenvalue weighted by atomic mass is 10.3. The average molecular weight is 376 g/mol. The van der Waals surface area contributed by atoms with Gasteiger partial charge in [-0.25, -0.2) is 9.97 Å². The van der Waals surface area contributed by atoms with Crippen LogP contribution in [-0.4, -0.2) is 21.6 Å². The van der Waals surface area contributed by atoms with E-state index < -0.39 is 0 Å². The van der Waals surface area contributed by atoms with Crippen LogP contribution in [0.15, 0.2) is 28.2 Å². The second kappa shape index (κ2) is 8.01. The van der Waals surface area contributed by atoms with E-state index in [-0.39, 0.29) is 5.43 Å². The van der Waals surface area contributed by atoms with E-state index in [1.807, 2.05) is 13.8 Å². The van der Waals surface area contributed by atoms with E-state index in [4.69, 9.17) is 4.74 Å². The standard InChI is InChI=1S/C18H21N3O2S2/c1-4-6-23-16-9-19-12(7-15(16)22)10-24-17-14-8-13(5-2)25-18(14)21-11(3)20-17/h7-9H,4-6,10H2,1-3H3,(H,19,22). The molecule has 0 amide bonds. The Morgan fingerprint density at radius 3 is 2.84 bits per heavy atom. The van der Waals surface area contributed by atoms with Gasteiger partial charge in [0.05, 0.1) is 6.61 Å². The highest BCUT2D eigenvalue weighted by molar-refractivity contribution is 7.98. The van der Waals surface area contributed by atoms with Crippen LogP contribution in [-0.2, 0) is 12.2 Å². The summed E-state index contributed by atoms with van der Waals surface area (Å²) in [6.07, 6.45) is 3.52. The molecule has 0 saturated heterocycles. The highest BCUT2D eigenvalue weighted by atomic mass is 32.2. The van der Waals surface area contributed by atoms with Gasteiger partial charge in [0, 0.05) is 34.0 Å². The summed E-state index contributed by atoms with van der Waals surface area (Å²) in [6.45, 7) is 6.62. The minimum atomic E-state index is -0.0874. The second-order valence-corrected chi connectivity index (χ2v) is 7.76. The van der Waals surface area contributed by atoms with Crippen molar-refractivity contribution in [3.63, 3.8) is 0 Å². The predicted molar refractivity (Wildman–Crippen MR) is 104 cm³/mol. The number of fused-ring (bicyclic) bond motifs is 1. The van der Waals surface area contributed by atoms with Gasteiger partial charge in [0.25, 0.3) is 0 Å². The molecule has 0 radical (unpaired) electrons. The van der Waals surface area contributed by atoms with Crippen LogP contribution in [0.25, 0.3) is 10.2 Å². The van der Waals surface area contributed by atoms with Crippen LogP contribution in [0.4, 0.5) is 0 Å². The Morgan fingerprint density at radius 1 is 1.28 bits per heavy atom. The molecule has 0 atom stereocenters. The van der Waals surface area contributed by atoms with Crippen molar-refractivity contribution in [3.05, 3.63) is 44.9 Å². The van der Waals surface area contributed by atoms with Crippen LogP contribution in [0.3, 0.4) is 0 Å². The van der Waals surface area contributed by atoms with E-state index in [2.05, 4.69) is 27.9 Å². The lowest BCUT2D eigenvalue weighted by molar-refractivity contribution is 0.313. The van der Waals surface area contributed by atoms with Gasteiger partial charge in [-0.05, 0) is 25.8 Å². The van der Waals surface area contributed by atoms with Crippen LogP contribution < -0.4 is 10.2 Å². The Balaban J connectivity index is 1.79. The quantitative estimate of drug-likeness (QED) is 0.492. The first-order chi connectivity index (χ1) is 12.1. The molecule has 0 aromatic carbocycles. The molecule has 0 aliphatic heterocycles. The number of H-pyrrole nitrogens is 1. The molecule has 0 unspecified atom stereocenters. The molecule has 3 aromatic heterocycles. The number of rotatable bonds is 7. The number of pyridine rings is 1. The fourth-order valence-electron chi connectivity index (χ4n) is 2.39. The third-order valence-corrected chi connectivity index (χ3v) is 5.85. The molecule has 3 heterocycles. The van der Waals surface area contributed by atoms with E-state index >= 15 is 0 Å². The maximum atomic E-state index is 12.1. The molecule has 0 fully saturated rings. The highest BCUT2D eigenvalue weighted by Gasteiger charge is 2.11.